The summed E-state index contributed by atoms with van der Waals surface area (Å²) in [4.78, 5) is 15.1. The van der Waals surface area contributed by atoms with Gasteiger partial charge in [0.25, 0.3) is 0 Å². The van der Waals surface area contributed by atoms with E-state index in [4.69, 9.17) is 5.11 Å². The fourth-order valence-corrected chi connectivity index (χ4v) is 1.89. The van der Waals surface area contributed by atoms with E-state index >= 15 is 0 Å². The number of benzene rings is 1. The zero-order valence-corrected chi connectivity index (χ0v) is 12.3. The molecule has 1 aromatic rings. The number of likely N-dealkylation sites (N-methyl/N-ethyl adjacent to an activating group) is 1. The molecule has 1 N–H and O–H groups in total. The van der Waals surface area contributed by atoms with Crippen molar-refractivity contribution >= 4 is 5.97 Å². The molecule has 1 atom stereocenters. The van der Waals surface area contributed by atoms with Crippen molar-refractivity contribution in [3.05, 3.63) is 35.6 Å². The molecule has 0 fully saturated rings. The molecule has 1 aromatic carbocycles. The lowest BCUT2D eigenvalue weighted by molar-refractivity contribution is -0.141. The van der Waals surface area contributed by atoms with Crippen LogP contribution in [0, 0.1) is 11.7 Å². The molecule has 0 heterocycles. The lowest BCUT2D eigenvalue weighted by atomic mass is 10.1. The van der Waals surface area contributed by atoms with Crippen LogP contribution in [0.1, 0.15) is 12.5 Å². The van der Waals surface area contributed by atoms with Crippen LogP contribution in [0.4, 0.5) is 4.39 Å². The van der Waals surface area contributed by atoms with Crippen LogP contribution in [-0.4, -0.2) is 54.6 Å². The average molecular weight is 282 g/mol. The van der Waals surface area contributed by atoms with Gasteiger partial charge in [0.1, 0.15) is 5.82 Å². The van der Waals surface area contributed by atoms with Crippen LogP contribution < -0.4 is 0 Å². The second-order valence-electron chi connectivity index (χ2n) is 5.40. The number of hydrogen-bond acceptors (Lipinski definition) is 3. The smallest absolute Gasteiger partial charge is 0.307 e. The maximum absolute atomic E-state index is 12.9. The molecule has 0 aliphatic carbocycles. The van der Waals surface area contributed by atoms with Gasteiger partial charge in [0, 0.05) is 26.2 Å². The minimum absolute atomic E-state index is 0.257. The number of rotatable bonds is 8. The minimum atomic E-state index is -0.793. The first-order valence-electron chi connectivity index (χ1n) is 6.73. The van der Waals surface area contributed by atoms with Crippen molar-refractivity contribution in [1.29, 1.82) is 0 Å². The van der Waals surface area contributed by atoms with E-state index in [1.807, 2.05) is 14.1 Å². The fourth-order valence-electron chi connectivity index (χ4n) is 1.89. The summed E-state index contributed by atoms with van der Waals surface area (Å²) in [6, 6.07) is 6.34. The summed E-state index contributed by atoms with van der Waals surface area (Å²) in [7, 11) is 3.97. The van der Waals surface area contributed by atoms with Crippen molar-refractivity contribution in [1.82, 2.24) is 9.80 Å². The Bertz CT molecular complexity index is 420. The molecule has 0 saturated carbocycles. The van der Waals surface area contributed by atoms with Gasteiger partial charge in [-0.2, -0.15) is 0 Å². The standard InChI is InChI=1S/C15H23FN2O2/c1-12(15(19)20)10-18(9-8-17(2)3)11-13-4-6-14(16)7-5-13/h4-7,12H,8-11H2,1-3H3,(H,19,20). The van der Waals surface area contributed by atoms with Gasteiger partial charge in [-0.3, -0.25) is 9.69 Å². The Labute approximate surface area is 119 Å². The molecule has 0 saturated heterocycles. The lowest BCUT2D eigenvalue weighted by Crippen LogP contribution is -2.36. The number of carboxylic acids is 1. The Hall–Kier alpha value is -1.46. The highest BCUT2D eigenvalue weighted by molar-refractivity contribution is 5.69. The van der Waals surface area contributed by atoms with Crippen molar-refractivity contribution < 1.29 is 14.3 Å². The molecule has 5 heteroatoms. The van der Waals surface area contributed by atoms with Crippen molar-refractivity contribution in [2.24, 2.45) is 5.92 Å². The predicted molar refractivity (Wildman–Crippen MR) is 77.0 cm³/mol. The van der Waals surface area contributed by atoms with E-state index in [1.165, 1.54) is 12.1 Å². The Morgan fingerprint density at radius 3 is 2.35 bits per heavy atom. The van der Waals surface area contributed by atoms with Crippen LogP contribution in [-0.2, 0) is 11.3 Å². The van der Waals surface area contributed by atoms with E-state index in [1.54, 1.807) is 19.1 Å². The number of hydrogen-bond donors (Lipinski definition) is 1. The van der Waals surface area contributed by atoms with Gasteiger partial charge in [0.05, 0.1) is 5.92 Å². The van der Waals surface area contributed by atoms with Crippen LogP contribution in [0.3, 0.4) is 0 Å². The number of nitrogens with zero attached hydrogens (tertiary/aromatic N) is 2. The van der Waals surface area contributed by atoms with Gasteiger partial charge in [-0.1, -0.05) is 19.1 Å². The molecule has 0 aliphatic rings. The second kappa shape index (κ2) is 7.97. The van der Waals surface area contributed by atoms with Crippen molar-refractivity contribution in [3.63, 3.8) is 0 Å². The highest BCUT2D eigenvalue weighted by Gasteiger charge is 2.16. The molecule has 112 valence electrons. The summed E-state index contributed by atoms with van der Waals surface area (Å²) in [5.74, 6) is -1.47. The summed E-state index contributed by atoms with van der Waals surface area (Å²) in [5.41, 5.74) is 0.989. The number of halogens is 1. The summed E-state index contributed by atoms with van der Waals surface area (Å²) in [6.07, 6.45) is 0. The number of aliphatic carboxylic acids is 1. The molecule has 0 amide bonds. The highest BCUT2D eigenvalue weighted by atomic mass is 19.1. The van der Waals surface area contributed by atoms with Gasteiger partial charge < -0.3 is 10.0 Å². The molecule has 1 unspecified atom stereocenters. The summed E-state index contributed by atoms with van der Waals surface area (Å²) < 4.78 is 12.9. The van der Waals surface area contributed by atoms with E-state index in [0.717, 1.165) is 18.7 Å². The van der Waals surface area contributed by atoms with E-state index < -0.39 is 11.9 Å². The molecular formula is C15H23FN2O2. The van der Waals surface area contributed by atoms with Crippen LogP contribution in [0.15, 0.2) is 24.3 Å². The third kappa shape index (κ3) is 6.12. The fraction of sp³-hybridized carbons (Fsp3) is 0.533. The van der Waals surface area contributed by atoms with Crippen LogP contribution in [0.25, 0.3) is 0 Å². The van der Waals surface area contributed by atoms with Crippen molar-refractivity contribution in [2.45, 2.75) is 13.5 Å². The molecule has 0 radical (unpaired) electrons. The highest BCUT2D eigenvalue weighted by Crippen LogP contribution is 2.09. The third-order valence-corrected chi connectivity index (χ3v) is 3.14. The molecule has 0 aliphatic heterocycles. The van der Waals surface area contributed by atoms with E-state index in [9.17, 15) is 9.18 Å². The largest absolute Gasteiger partial charge is 0.481 e. The maximum Gasteiger partial charge on any atom is 0.307 e. The van der Waals surface area contributed by atoms with Gasteiger partial charge in [0.15, 0.2) is 0 Å². The zero-order chi connectivity index (χ0) is 15.1. The Kier molecular flexibility index (Phi) is 6.61. The predicted octanol–water partition coefficient (Wildman–Crippen LogP) is 1.91. The molecular weight excluding hydrogens is 259 g/mol. The summed E-state index contributed by atoms with van der Waals surface area (Å²) in [5, 5.41) is 9.02. The third-order valence-electron chi connectivity index (χ3n) is 3.14. The first-order valence-corrected chi connectivity index (χ1v) is 6.73. The molecule has 0 spiro atoms. The molecule has 4 nitrogen and oxygen atoms in total. The number of carboxylic acid groups (broad SMARTS) is 1. The molecule has 0 aromatic heterocycles. The van der Waals surface area contributed by atoms with Gasteiger partial charge in [0.2, 0.25) is 0 Å². The molecule has 20 heavy (non-hydrogen) atoms. The number of carbonyl (C=O) groups is 1. The average Bonchev–Trinajstić information content (AvgIpc) is 2.38. The molecule has 0 bridgehead atoms. The monoisotopic (exact) mass is 282 g/mol. The van der Waals surface area contributed by atoms with Crippen molar-refractivity contribution in [3.8, 4) is 0 Å². The van der Waals surface area contributed by atoms with Crippen molar-refractivity contribution in [2.75, 3.05) is 33.7 Å². The maximum atomic E-state index is 12.9. The Morgan fingerprint density at radius 2 is 1.85 bits per heavy atom. The summed E-state index contributed by atoms with van der Waals surface area (Å²) >= 11 is 0. The Morgan fingerprint density at radius 1 is 1.25 bits per heavy atom. The van der Waals surface area contributed by atoms with Crippen LogP contribution in [0.5, 0.6) is 0 Å². The van der Waals surface area contributed by atoms with Crippen LogP contribution >= 0.6 is 0 Å². The minimum Gasteiger partial charge on any atom is -0.481 e. The van der Waals surface area contributed by atoms with Gasteiger partial charge in [-0.05, 0) is 31.8 Å². The van der Waals surface area contributed by atoms with Gasteiger partial charge in [-0.15, -0.1) is 0 Å². The van der Waals surface area contributed by atoms with E-state index in [2.05, 4.69) is 9.80 Å². The lowest BCUT2D eigenvalue weighted by Gasteiger charge is -2.25. The SMILES string of the molecule is CC(CN(CCN(C)C)Cc1ccc(F)cc1)C(=O)O. The van der Waals surface area contributed by atoms with E-state index in [-0.39, 0.29) is 5.82 Å². The topological polar surface area (TPSA) is 43.8 Å². The van der Waals surface area contributed by atoms with Gasteiger partial charge >= 0.3 is 5.97 Å². The molecule has 1 rings (SSSR count). The normalized spacial score (nSPS) is 12.9. The first kappa shape index (κ1) is 16.6. The quantitative estimate of drug-likeness (QED) is 0.791. The Balaban J connectivity index is 2.65. The van der Waals surface area contributed by atoms with Crippen LogP contribution in [0.2, 0.25) is 0 Å². The zero-order valence-electron chi connectivity index (χ0n) is 12.3. The summed E-state index contributed by atoms with van der Waals surface area (Å²) in [6.45, 7) is 4.46. The van der Waals surface area contributed by atoms with Gasteiger partial charge in [-0.25, -0.2) is 4.39 Å². The van der Waals surface area contributed by atoms with E-state index in [0.29, 0.717) is 13.1 Å². The second-order valence-corrected chi connectivity index (χ2v) is 5.40. The first-order chi connectivity index (χ1) is 9.38.